The molecule has 0 radical (unpaired) electrons. The molecule has 0 amide bonds. The Kier molecular flexibility index (Phi) is 2.34. The predicted molar refractivity (Wildman–Crippen MR) is 67.3 cm³/mol. The number of hydrogen-bond donors (Lipinski definition) is 0. The summed E-state index contributed by atoms with van der Waals surface area (Å²) in [6.07, 6.45) is 2.65. The van der Waals surface area contributed by atoms with Crippen molar-refractivity contribution in [3.8, 4) is 0 Å². The normalized spacial score (nSPS) is 27.3. The molecule has 3 nitrogen and oxygen atoms in total. The van der Waals surface area contributed by atoms with E-state index in [4.69, 9.17) is 4.42 Å². The standard InChI is InChI=1S/C15H16O3/c1-7-4-12(17)13-8(2)6-18-15(13)14-9(3)11(16)5-10(7)14/h6-7,10H,4-5H2,1-3H3. The van der Waals surface area contributed by atoms with Crippen LogP contribution >= 0.6 is 0 Å². The van der Waals surface area contributed by atoms with E-state index in [1.165, 1.54) is 0 Å². The number of carbonyl (C=O) groups excluding carboxylic acids is 2. The van der Waals surface area contributed by atoms with Crippen LogP contribution in [0.2, 0.25) is 0 Å². The number of ketones is 2. The number of carbonyl (C=O) groups is 2. The molecule has 0 aromatic carbocycles. The molecule has 18 heavy (non-hydrogen) atoms. The van der Waals surface area contributed by atoms with Crippen molar-refractivity contribution in [1.82, 2.24) is 0 Å². The molecule has 0 spiro atoms. The Morgan fingerprint density at radius 1 is 1.17 bits per heavy atom. The van der Waals surface area contributed by atoms with Crippen LogP contribution < -0.4 is 0 Å². The lowest BCUT2D eigenvalue weighted by Gasteiger charge is -2.17. The molecular weight excluding hydrogens is 228 g/mol. The third-order valence-corrected chi connectivity index (χ3v) is 4.29. The highest BCUT2D eigenvalue weighted by Gasteiger charge is 2.41. The maximum Gasteiger partial charge on any atom is 0.167 e. The molecule has 2 aliphatic rings. The van der Waals surface area contributed by atoms with Crippen LogP contribution in [0.3, 0.4) is 0 Å². The summed E-state index contributed by atoms with van der Waals surface area (Å²) in [6.45, 7) is 5.79. The zero-order valence-corrected chi connectivity index (χ0v) is 10.9. The Morgan fingerprint density at radius 3 is 2.61 bits per heavy atom. The summed E-state index contributed by atoms with van der Waals surface area (Å²) in [7, 11) is 0. The maximum atomic E-state index is 12.2. The molecule has 0 saturated heterocycles. The zero-order chi connectivity index (χ0) is 13.0. The Morgan fingerprint density at radius 2 is 1.89 bits per heavy atom. The van der Waals surface area contributed by atoms with Crippen molar-refractivity contribution >= 4 is 17.1 Å². The zero-order valence-electron chi connectivity index (χ0n) is 10.9. The van der Waals surface area contributed by atoms with Crippen molar-refractivity contribution in [3.05, 3.63) is 28.7 Å². The van der Waals surface area contributed by atoms with Gasteiger partial charge in [0.25, 0.3) is 0 Å². The van der Waals surface area contributed by atoms with Gasteiger partial charge in [-0.1, -0.05) is 6.92 Å². The molecule has 3 rings (SSSR count). The first-order chi connectivity index (χ1) is 8.50. The highest BCUT2D eigenvalue weighted by molar-refractivity contribution is 6.11. The van der Waals surface area contributed by atoms with Crippen molar-refractivity contribution in [3.63, 3.8) is 0 Å². The van der Waals surface area contributed by atoms with Crippen molar-refractivity contribution in [2.45, 2.75) is 33.6 Å². The molecule has 3 heteroatoms. The Balaban J connectivity index is 2.29. The van der Waals surface area contributed by atoms with Gasteiger partial charge < -0.3 is 4.42 Å². The van der Waals surface area contributed by atoms with E-state index in [1.54, 1.807) is 6.26 Å². The smallest absolute Gasteiger partial charge is 0.167 e. The van der Waals surface area contributed by atoms with Gasteiger partial charge in [-0.2, -0.15) is 0 Å². The fourth-order valence-corrected chi connectivity index (χ4v) is 3.23. The first-order valence-corrected chi connectivity index (χ1v) is 6.36. The van der Waals surface area contributed by atoms with E-state index in [-0.39, 0.29) is 23.4 Å². The summed E-state index contributed by atoms with van der Waals surface area (Å²) in [6, 6.07) is 0. The molecular formula is C15H16O3. The van der Waals surface area contributed by atoms with Gasteiger partial charge >= 0.3 is 0 Å². The Hall–Kier alpha value is -1.64. The van der Waals surface area contributed by atoms with Crippen LogP contribution in [0.1, 0.15) is 48.4 Å². The third-order valence-electron chi connectivity index (χ3n) is 4.29. The second-order valence-corrected chi connectivity index (χ2v) is 5.50. The van der Waals surface area contributed by atoms with Gasteiger partial charge in [-0.15, -0.1) is 0 Å². The highest BCUT2D eigenvalue weighted by Crippen LogP contribution is 2.46. The SMILES string of the molecule is CC1=C2c3occ(C)c3C(=O)CC(C)C2CC1=O. The lowest BCUT2D eigenvalue weighted by atomic mass is 9.86. The molecule has 0 saturated carbocycles. The van der Waals surface area contributed by atoms with Gasteiger partial charge in [0.2, 0.25) is 0 Å². The van der Waals surface area contributed by atoms with Gasteiger partial charge in [0, 0.05) is 18.4 Å². The third kappa shape index (κ3) is 1.36. The quantitative estimate of drug-likeness (QED) is 0.704. The van der Waals surface area contributed by atoms with E-state index in [0.29, 0.717) is 24.2 Å². The van der Waals surface area contributed by atoms with Gasteiger partial charge in [-0.25, -0.2) is 0 Å². The Labute approximate surface area is 106 Å². The predicted octanol–water partition coefficient (Wildman–Crippen LogP) is 3.17. The van der Waals surface area contributed by atoms with Crippen molar-refractivity contribution in [2.75, 3.05) is 0 Å². The van der Waals surface area contributed by atoms with Crippen LogP contribution in [0.5, 0.6) is 0 Å². The van der Waals surface area contributed by atoms with Crippen LogP contribution in [0.15, 0.2) is 16.3 Å². The number of Topliss-reactive ketones (excluding diaryl/α,β-unsaturated/α-hetero) is 2. The van der Waals surface area contributed by atoms with Crippen molar-refractivity contribution < 1.29 is 14.0 Å². The molecule has 0 fully saturated rings. The summed E-state index contributed by atoms with van der Waals surface area (Å²) in [5.74, 6) is 1.33. The molecule has 2 unspecified atom stereocenters. The molecule has 94 valence electrons. The minimum Gasteiger partial charge on any atom is -0.464 e. The summed E-state index contributed by atoms with van der Waals surface area (Å²) in [4.78, 5) is 24.2. The Bertz CT molecular complexity index is 589. The minimum absolute atomic E-state index is 0.144. The molecule has 1 aromatic heterocycles. The van der Waals surface area contributed by atoms with Crippen LogP contribution in [0.4, 0.5) is 0 Å². The molecule has 1 heterocycles. The van der Waals surface area contributed by atoms with Crippen LogP contribution in [-0.4, -0.2) is 11.6 Å². The fourth-order valence-electron chi connectivity index (χ4n) is 3.23. The first kappa shape index (κ1) is 11.5. The minimum atomic E-state index is 0.144. The van der Waals surface area contributed by atoms with E-state index < -0.39 is 0 Å². The summed E-state index contributed by atoms with van der Waals surface area (Å²) < 4.78 is 5.59. The van der Waals surface area contributed by atoms with E-state index >= 15 is 0 Å². The number of allylic oxidation sites excluding steroid dienone is 2. The molecule has 1 aromatic rings. The first-order valence-electron chi connectivity index (χ1n) is 6.36. The van der Waals surface area contributed by atoms with Crippen LogP contribution in [-0.2, 0) is 4.79 Å². The molecule has 0 N–H and O–H groups in total. The lowest BCUT2D eigenvalue weighted by molar-refractivity contribution is -0.115. The monoisotopic (exact) mass is 244 g/mol. The van der Waals surface area contributed by atoms with Crippen LogP contribution in [0.25, 0.3) is 5.57 Å². The second-order valence-electron chi connectivity index (χ2n) is 5.50. The molecule has 2 atom stereocenters. The number of fused-ring (bicyclic) bond motifs is 3. The molecule has 0 aliphatic heterocycles. The fraction of sp³-hybridized carbons (Fsp3) is 0.467. The maximum absolute atomic E-state index is 12.2. The average Bonchev–Trinajstić information content (AvgIpc) is 2.78. The van der Waals surface area contributed by atoms with E-state index in [9.17, 15) is 9.59 Å². The second kappa shape index (κ2) is 3.67. The van der Waals surface area contributed by atoms with Gasteiger partial charge in [0.05, 0.1) is 11.8 Å². The number of aryl methyl sites for hydroxylation is 1. The van der Waals surface area contributed by atoms with Crippen molar-refractivity contribution in [2.24, 2.45) is 11.8 Å². The van der Waals surface area contributed by atoms with Crippen molar-refractivity contribution in [1.29, 1.82) is 0 Å². The van der Waals surface area contributed by atoms with Gasteiger partial charge in [-0.05, 0) is 36.8 Å². The highest BCUT2D eigenvalue weighted by atomic mass is 16.3. The number of furan rings is 1. The average molecular weight is 244 g/mol. The number of rotatable bonds is 0. The van der Waals surface area contributed by atoms with Gasteiger partial charge in [0.1, 0.15) is 5.76 Å². The van der Waals surface area contributed by atoms with E-state index in [1.807, 2.05) is 13.8 Å². The summed E-state index contributed by atoms with van der Waals surface area (Å²) in [5, 5.41) is 0. The van der Waals surface area contributed by atoms with Gasteiger partial charge in [0.15, 0.2) is 11.6 Å². The van der Waals surface area contributed by atoms with E-state index in [2.05, 4.69) is 6.92 Å². The molecule has 0 bridgehead atoms. The summed E-state index contributed by atoms with van der Waals surface area (Å²) >= 11 is 0. The topological polar surface area (TPSA) is 47.3 Å². The van der Waals surface area contributed by atoms with E-state index in [0.717, 1.165) is 16.7 Å². The lowest BCUT2D eigenvalue weighted by Crippen LogP contribution is -2.12. The van der Waals surface area contributed by atoms with Crippen LogP contribution in [0, 0.1) is 18.8 Å². The van der Waals surface area contributed by atoms with Gasteiger partial charge in [-0.3, -0.25) is 9.59 Å². The molecule has 2 aliphatic carbocycles. The number of hydrogen-bond acceptors (Lipinski definition) is 3. The largest absolute Gasteiger partial charge is 0.464 e. The summed E-state index contributed by atoms with van der Waals surface area (Å²) in [5.41, 5.74) is 3.31.